The molecule has 1 saturated carbocycles. The van der Waals surface area contributed by atoms with Crippen LogP contribution in [0, 0.1) is 5.92 Å². The average molecular weight is 524 g/mol. The summed E-state index contributed by atoms with van der Waals surface area (Å²) in [6.45, 7) is 7.54. The van der Waals surface area contributed by atoms with Crippen molar-refractivity contribution in [3.8, 4) is 0 Å². The van der Waals surface area contributed by atoms with E-state index in [1.807, 2.05) is 0 Å². The van der Waals surface area contributed by atoms with E-state index in [1.165, 1.54) is 43.2 Å². The van der Waals surface area contributed by atoms with E-state index in [9.17, 15) is 9.59 Å². The van der Waals surface area contributed by atoms with Gasteiger partial charge in [-0.05, 0) is 56.4 Å². The van der Waals surface area contributed by atoms with Crippen molar-refractivity contribution in [1.82, 2.24) is 15.1 Å². The lowest BCUT2D eigenvalue weighted by atomic mass is 9.94. The third-order valence-electron chi connectivity index (χ3n) is 8.33. The first-order chi connectivity index (χ1) is 18.6. The number of nitrogens with zero attached hydrogens (tertiary/aromatic N) is 2. The van der Waals surface area contributed by atoms with Crippen LogP contribution >= 0.6 is 0 Å². The molecule has 1 N–H and O–H groups in total. The largest absolute Gasteiger partial charge is 0.343 e. The lowest BCUT2D eigenvalue weighted by molar-refractivity contribution is -0.132. The fourth-order valence-corrected chi connectivity index (χ4v) is 5.92. The maximum absolute atomic E-state index is 13.6. The third-order valence-corrected chi connectivity index (χ3v) is 8.33. The van der Waals surface area contributed by atoms with Gasteiger partial charge in [-0.25, -0.2) is 4.79 Å². The van der Waals surface area contributed by atoms with Gasteiger partial charge in [0, 0.05) is 38.6 Å². The maximum Gasteiger partial charge on any atom is 0.317 e. The number of carbonyl (C=O) groups is 2. The molecule has 0 radical (unpaired) electrons. The SMILES string of the molecule is CCCCCC(=O)N1CCC(CN(C/C(=C/c2ccccc2)CCCCC)C(=O)NC2CCCCC2)CC1. The van der Waals surface area contributed by atoms with Crippen LogP contribution in [0.25, 0.3) is 6.08 Å². The molecule has 3 amide bonds. The van der Waals surface area contributed by atoms with Gasteiger partial charge in [0.15, 0.2) is 0 Å². The van der Waals surface area contributed by atoms with Crippen LogP contribution in [0.3, 0.4) is 0 Å². The smallest absolute Gasteiger partial charge is 0.317 e. The zero-order chi connectivity index (χ0) is 27.0. The van der Waals surface area contributed by atoms with E-state index in [1.54, 1.807) is 0 Å². The molecule has 2 fully saturated rings. The minimum atomic E-state index is 0.101. The molecule has 0 bridgehead atoms. The summed E-state index contributed by atoms with van der Waals surface area (Å²) in [6.07, 6.45) is 18.7. The van der Waals surface area contributed by atoms with Crippen LogP contribution in [0.1, 0.15) is 116 Å². The molecule has 1 heterocycles. The lowest BCUT2D eigenvalue weighted by Gasteiger charge is -2.36. The van der Waals surface area contributed by atoms with Crippen LogP contribution in [-0.2, 0) is 4.79 Å². The number of benzene rings is 1. The predicted octanol–water partition coefficient (Wildman–Crippen LogP) is 7.81. The Balaban J connectivity index is 1.66. The molecule has 5 nitrogen and oxygen atoms in total. The first-order valence-electron chi connectivity index (χ1n) is 15.7. The van der Waals surface area contributed by atoms with Crippen molar-refractivity contribution in [3.63, 3.8) is 0 Å². The van der Waals surface area contributed by atoms with Crippen molar-refractivity contribution < 1.29 is 9.59 Å². The number of hydrogen-bond acceptors (Lipinski definition) is 2. The Morgan fingerprint density at radius 2 is 1.55 bits per heavy atom. The fourth-order valence-electron chi connectivity index (χ4n) is 5.92. The number of rotatable bonds is 14. The molecule has 1 aliphatic carbocycles. The molecule has 0 aromatic heterocycles. The summed E-state index contributed by atoms with van der Waals surface area (Å²) < 4.78 is 0. The van der Waals surface area contributed by atoms with Crippen LogP contribution in [0.15, 0.2) is 35.9 Å². The number of piperidine rings is 1. The molecule has 1 saturated heterocycles. The summed E-state index contributed by atoms with van der Waals surface area (Å²) >= 11 is 0. The first kappa shape index (κ1) is 30.2. The van der Waals surface area contributed by atoms with Crippen molar-refractivity contribution in [2.24, 2.45) is 5.92 Å². The molecule has 0 spiro atoms. The van der Waals surface area contributed by atoms with E-state index in [0.29, 0.717) is 30.8 Å². The van der Waals surface area contributed by atoms with Gasteiger partial charge in [0.05, 0.1) is 0 Å². The summed E-state index contributed by atoms with van der Waals surface area (Å²) in [7, 11) is 0. The van der Waals surface area contributed by atoms with Gasteiger partial charge >= 0.3 is 6.03 Å². The van der Waals surface area contributed by atoms with Gasteiger partial charge in [-0.3, -0.25) is 4.79 Å². The van der Waals surface area contributed by atoms with Gasteiger partial charge in [0.25, 0.3) is 0 Å². The van der Waals surface area contributed by atoms with Crippen LogP contribution < -0.4 is 5.32 Å². The minimum Gasteiger partial charge on any atom is -0.343 e. The van der Waals surface area contributed by atoms with Gasteiger partial charge in [0.1, 0.15) is 0 Å². The summed E-state index contributed by atoms with van der Waals surface area (Å²) in [6, 6.07) is 10.9. The second-order valence-electron chi connectivity index (χ2n) is 11.6. The molecule has 1 aromatic carbocycles. The van der Waals surface area contributed by atoms with Gasteiger partial charge < -0.3 is 15.1 Å². The Hall–Kier alpha value is -2.30. The number of urea groups is 1. The monoisotopic (exact) mass is 523 g/mol. The molecule has 1 aromatic rings. The fraction of sp³-hybridized carbons (Fsp3) is 0.697. The molecule has 0 atom stereocenters. The van der Waals surface area contributed by atoms with E-state index < -0.39 is 0 Å². The summed E-state index contributed by atoms with van der Waals surface area (Å²) in [5.41, 5.74) is 2.55. The van der Waals surface area contributed by atoms with E-state index in [-0.39, 0.29) is 6.03 Å². The van der Waals surface area contributed by atoms with Gasteiger partial charge in [-0.1, -0.05) is 101 Å². The van der Waals surface area contributed by atoms with E-state index in [0.717, 1.165) is 77.4 Å². The highest BCUT2D eigenvalue weighted by Crippen LogP contribution is 2.23. The second kappa shape index (κ2) is 17.3. The van der Waals surface area contributed by atoms with Gasteiger partial charge in [0.2, 0.25) is 5.91 Å². The average Bonchev–Trinajstić information content (AvgIpc) is 2.94. The predicted molar refractivity (Wildman–Crippen MR) is 159 cm³/mol. The van der Waals surface area contributed by atoms with Crippen molar-refractivity contribution >= 4 is 18.0 Å². The maximum atomic E-state index is 13.6. The molecule has 1 aliphatic heterocycles. The van der Waals surface area contributed by atoms with Crippen LogP contribution in [0.5, 0.6) is 0 Å². The molecule has 0 unspecified atom stereocenters. The third kappa shape index (κ3) is 10.8. The Kier molecular flexibility index (Phi) is 13.8. The summed E-state index contributed by atoms with van der Waals surface area (Å²) in [5, 5.41) is 3.40. The molecule has 5 heteroatoms. The van der Waals surface area contributed by atoms with E-state index >= 15 is 0 Å². The van der Waals surface area contributed by atoms with Crippen LogP contribution in [0.2, 0.25) is 0 Å². The lowest BCUT2D eigenvalue weighted by Crippen LogP contribution is -2.49. The summed E-state index contributed by atoms with van der Waals surface area (Å²) in [4.78, 5) is 30.4. The van der Waals surface area contributed by atoms with Crippen molar-refractivity contribution in [3.05, 3.63) is 41.5 Å². The number of hydrogen-bond donors (Lipinski definition) is 1. The topological polar surface area (TPSA) is 52.7 Å². The molecular weight excluding hydrogens is 470 g/mol. The number of carbonyl (C=O) groups excluding carboxylic acids is 2. The highest BCUT2D eigenvalue weighted by Gasteiger charge is 2.27. The molecule has 212 valence electrons. The Morgan fingerprint density at radius 3 is 2.21 bits per heavy atom. The Morgan fingerprint density at radius 1 is 0.895 bits per heavy atom. The highest BCUT2D eigenvalue weighted by molar-refractivity contribution is 5.76. The number of unbranched alkanes of at least 4 members (excludes halogenated alkanes) is 4. The molecule has 38 heavy (non-hydrogen) atoms. The summed E-state index contributed by atoms with van der Waals surface area (Å²) in [5.74, 6) is 0.758. The Bertz CT molecular complexity index is 839. The van der Waals surface area contributed by atoms with Crippen LogP contribution in [0.4, 0.5) is 4.79 Å². The number of nitrogens with one attached hydrogen (secondary N) is 1. The van der Waals surface area contributed by atoms with Gasteiger partial charge in [-0.2, -0.15) is 0 Å². The molecule has 3 rings (SSSR count). The van der Waals surface area contributed by atoms with E-state index in [4.69, 9.17) is 0 Å². The van der Waals surface area contributed by atoms with Crippen LogP contribution in [-0.4, -0.2) is 54.0 Å². The Labute approximate surface area is 232 Å². The highest BCUT2D eigenvalue weighted by atomic mass is 16.2. The van der Waals surface area contributed by atoms with Crippen molar-refractivity contribution in [1.29, 1.82) is 0 Å². The first-order valence-corrected chi connectivity index (χ1v) is 15.7. The zero-order valence-corrected chi connectivity index (χ0v) is 24.3. The van der Waals surface area contributed by atoms with E-state index in [2.05, 4.69) is 65.4 Å². The second-order valence-corrected chi connectivity index (χ2v) is 11.6. The van der Waals surface area contributed by atoms with Crippen molar-refractivity contribution in [2.75, 3.05) is 26.2 Å². The molecule has 2 aliphatic rings. The number of likely N-dealkylation sites (tertiary alicyclic amines) is 1. The minimum absolute atomic E-state index is 0.101. The zero-order valence-electron chi connectivity index (χ0n) is 24.3. The van der Waals surface area contributed by atoms with Gasteiger partial charge in [-0.15, -0.1) is 0 Å². The standard InChI is InChI=1S/C33H53N3O2/c1-3-5-9-17-30(25-28-15-11-7-12-16-28)27-36(33(38)34-31-18-13-8-14-19-31)26-29-21-23-35(24-22-29)32(37)20-10-6-4-2/h7,11-12,15-16,25,29,31H,3-6,8-10,13-14,17-24,26-27H2,1-2H3,(H,34,38)/b30-25+. The normalized spacial score (nSPS) is 17.4. The number of amides is 3. The quantitative estimate of drug-likeness (QED) is 0.253. The van der Waals surface area contributed by atoms with Crippen molar-refractivity contribution in [2.45, 2.75) is 116 Å². The molecular formula is C33H53N3O2.